The van der Waals surface area contributed by atoms with Gasteiger partial charge in [-0.1, -0.05) is 0 Å². The van der Waals surface area contributed by atoms with Gasteiger partial charge in [0.1, 0.15) is 5.82 Å². The number of hydrogen-bond donors (Lipinski definition) is 1. The topological polar surface area (TPSA) is 55.4 Å². The van der Waals surface area contributed by atoms with Crippen LogP contribution < -0.4 is 4.72 Å². The van der Waals surface area contributed by atoms with Crippen molar-refractivity contribution in [2.45, 2.75) is 37.6 Å². The molecule has 1 aromatic carbocycles. The summed E-state index contributed by atoms with van der Waals surface area (Å²) < 4.78 is 45.9. The molecule has 19 heavy (non-hydrogen) atoms. The van der Waals surface area contributed by atoms with E-state index in [1.165, 1.54) is 12.1 Å². The second kappa shape index (κ2) is 5.56. The highest BCUT2D eigenvalue weighted by Crippen LogP contribution is 2.22. The number of aryl methyl sites for hydroxylation is 2. The molecule has 1 heterocycles. The van der Waals surface area contributed by atoms with Crippen LogP contribution in [0.1, 0.15) is 24.0 Å². The van der Waals surface area contributed by atoms with Gasteiger partial charge >= 0.3 is 0 Å². The smallest absolute Gasteiger partial charge is 0.241 e. The normalized spacial score (nSPS) is 17.6. The molecule has 1 fully saturated rings. The molecule has 0 unspecified atom stereocenters. The van der Waals surface area contributed by atoms with Crippen LogP contribution in [-0.4, -0.2) is 27.7 Å². The quantitative estimate of drug-likeness (QED) is 0.924. The molecule has 0 amide bonds. The monoisotopic (exact) mass is 287 g/mol. The summed E-state index contributed by atoms with van der Waals surface area (Å²) in [6.07, 6.45) is 1.33. The highest BCUT2D eigenvalue weighted by atomic mass is 32.2. The van der Waals surface area contributed by atoms with Crippen LogP contribution in [0.4, 0.5) is 4.39 Å². The summed E-state index contributed by atoms with van der Waals surface area (Å²) in [6.45, 7) is 4.34. The molecule has 1 saturated heterocycles. The maximum Gasteiger partial charge on any atom is 0.241 e. The van der Waals surface area contributed by atoms with Crippen LogP contribution in [0, 0.1) is 19.7 Å². The van der Waals surface area contributed by atoms with Crippen molar-refractivity contribution in [3.63, 3.8) is 0 Å². The highest BCUT2D eigenvalue weighted by molar-refractivity contribution is 7.89. The molecule has 1 aliphatic rings. The largest absolute Gasteiger partial charge is 0.381 e. The predicted octanol–water partition coefficient (Wildman–Crippen LogP) is 1.90. The minimum atomic E-state index is -3.61. The van der Waals surface area contributed by atoms with Crippen molar-refractivity contribution in [3.05, 3.63) is 29.1 Å². The Morgan fingerprint density at radius 2 is 1.74 bits per heavy atom. The lowest BCUT2D eigenvalue weighted by molar-refractivity contribution is 0.0832. The van der Waals surface area contributed by atoms with E-state index in [4.69, 9.17) is 4.74 Å². The van der Waals surface area contributed by atoms with E-state index >= 15 is 0 Å². The van der Waals surface area contributed by atoms with E-state index in [-0.39, 0.29) is 10.9 Å². The van der Waals surface area contributed by atoms with E-state index in [2.05, 4.69) is 4.72 Å². The first kappa shape index (κ1) is 14.4. The van der Waals surface area contributed by atoms with Crippen molar-refractivity contribution in [1.29, 1.82) is 0 Å². The van der Waals surface area contributed by atoms with E-state index in [9.17, 15) is 12.8 Å². The Morgan fingerprint density at radius 3 is 2.26 bits per heavy atom. The molecule has 0 aliphatic carbocycles. The number of rotatable bonds is 3. The number of nitrogens with one attached hydrogen (secondary N) is 1. The summed E-state index contributed by atoms with van der Waals surface area (Å²) in [4.78, 5) is 0.181. The molecule has 1 aromatic rings. The summed E-state index contributed by atoms with van der Waals surface area (Å²) >= 11 is 0. The lowest BCUT2D eigenvalue weighted by Crippen LogP contribution is -2.39. The average Bonchev–Trinajstić information content (AvgIpc) is 2.27. The SMILES string of the molecule is Cc1cc(F)cc(C)c1S(=O)(=O)NC1CCOCC1. The fraction of sp³-hybridized carbons (Fsp3) is 0.538. The van der Waals surface area contributed by atoms with Crippen molar-refractivity contribution in [1.82, 2.24) is 4.72 Å². The molecule has 0 radical (unpaired) electrons. The lowest BCUT2D eigenvalue weighted by atomic mass is 10.1. The number of halogens is 1. The fourth-order valence-electron chi connectivity index (χ4n) is 2.42. The second-order valence-corrected chi connectivity index (χ2v) is 6.53. The van der Waals surface area contributed by atoms with Gasteiger partial charge in [-0.15, -0.1) is 0 Å². The van der Waals surface area contributed by atoms with E-state index in [1.54, 1.807) is 13.8 Å². The molecule has 0 aromatic heterocycles. The number of benzene rings is 1. The van der Waals surface area contributed by atoms with Crippen molar-refractivity contribution >= 4 is 10.0 Å². The number of ether oxygens (including phenoxy) is 1. The van der Waals surface area contributed by atoms with Crippen molar-refractivity contribution in [2.24, 2.45) is 0 Å². The maximum absolute atomic E-state index is 13.2. The molecule has 4 nitrogen and oxygen atoms in total. The standard InChI is InChI=1S/C13H18FNO3S/c1-9-7-11(14)8-10(2)13(9)19(16,17)15-12-3-5-18-6-4-12/h7-8,12,15H,3-6H2,1-2H3. The van der Waals surface area contributed by atoms with Crippen LogP contribution >= 0.6 is 0 Å². The first-order chi connectivity index (χ1) is 8.90. The van der Waals surface area contributed by atoms with Gasteiger partial charge in [-0.05, 0) is 49.9 Å². The van der Waals surface area contributed by atoms with E-state index in [0.29, 0.717) is 37.2 Å². The van der Waals surface area contributed by atoms with Crippen molar-refractivity contribution in [2.75, 3.05) is 13.2 Å². The van der Waals surface area contributed by atoms with E-state index < -0.39 is 15.8 Å². The molecule has 6 heteroatoms. The molecule has 1 aliphatic heterocycles. The van der Waals surface area contributed by atoms with Crippen LogP contribution in [0.5, 0.6) is 0 Å². The Morgan fingerprint density at radius 1 is 1.21 bits per heavy atom. The van der Waals surface area contributed by atoms with Crippen LogP contribution in [0.2, 0.25) is 0 Å². The van der Waals surface area contributed by atoms with E-state index in [0.717, 1.165) is 0 Å². The minimum absolute atomic E-state index is 0.109. The average molecular weight is 287 g/mol. The summed E-state index contributed by atoms with van der Waals surface area (Å²) in [5.41, 5.74) is 0.856. The molecule has 0 spiro atoms. The van der Waals surface area contributed by atoms with Crippen LogP contribution in [0.15, 0.2) is 17.0 Å². The van der Waals surface area contributed by atoms with Gasteiger partial charge in [-0.2, -0.15) is 0 Å². The summed E-state index contributed by atoms with van der Waals surface area (Å²) in [5.74, 6) is -0.417. The van der Waals surface area contributed by atoms with Crippen molar-refractivity contribution in [3.8, 4) is 0 Å². The molecular weight excluding hydrogens is 269 g/mol. The Labute approximate surface area is 113 Å². The third-order valence-electron chi connectivity index (χ3n) is 3.24. The lowest BCUT2D eigenvalue weighted by Gasteiger charge is -2.23. The van der Waals surface area contributed by atoms with Gasteiger partial charge in [0.15, 0.2) is 0 Å². The zero-order valence-electron chi connectivity index (χ0n) is 11.1. The zero-order valence-corrected chi connectivity index (χ0v) is 11.9. The van der Waals surface area contributed by atoms with Crippen molar-refractivity contribution < 1.29 is 17.5 Å². The number of hydrogen-bond acceptors (Lipinski definition) is 3. The Bertz CT molecular complexity index is 542. The van der Waals surface area contributed by atoms with Gasteiger partial charge in [0.25, 0.3) is 0 Å². The Hall–Kier alpha value is -0.980. The van der Waals surface area contributed by atoms with Crippen LogP contribution in [0.25, 0.3) is 0 Å². The highest BCUT2D eigenvalue weighted by Gasteiger charge is 2.25. The third kappa shape index (κ3) is 3.32. The van der Waals surface area contributed by atoms with Crippen LogP contribution in [-0.2, 0) is 14.8 Å². The number of sulfonamides is 1. The molecule has 1 N–H and O–H groups in total. The fourth-order valence-corrected chi connectivity index (χ4v) is 4.17. The molecule has 2 rings (SSSR count). The van der Waals surface area contributed by atoms with Gasteiger partial charge < -0.3 is 4.74 Å². The maximum atomic E-state index is 13.2. The molecule has 106 valence electrons. The summed E-state index contributed by atoms with van der Waals surface area (Å²) in [6, 6.07) is 2.37. The van der Waals surface area contributed by atoms with Gasteiger partial charge in [0.05, 0.1) is 4.90 Å². The first-order valence-electron chi connectivity index (χ1n) is 6.27. The third-order valence-corrected chi connectivity index (χ3v) is 5.06. The van der Waals surface area contributed by atoms with Gasteiger partial charge in [-0.25, -0.2) is 17.5 Å². The van der Waals surface area contributed by atoms with Gasteiger partial charge in [-0.3, -0.25) is 0 Å². The summed E-state index contributed by atoms with van der Waals surface area (Å²) in [5, 5.41) is 0. The predicted molar refractivity (Wildman–Crippen MR) is 70.0 cm³/mol. The summed E-state index contributed by atoms with van der Waals surface area (Å²) in [7, 11) is -3.61. The Kier molecular flexibility index (Phi) is 4.23. The first-order valence-corrected chi connectivity index (χ1v) is 7.75. The Balaban J connectivity index is 2.29. The molecule has 0 bridgehead atoms. The molecular formula is C13H18FNO3S. The van der Waals surface area contributed by atoms with Gasteiger partial charge in [0, 0.05) is 19.3 Å². The molecule has 0 saturated carbocycles. The van der Waals surface area contributed by atoms with Crippen LogP contribution in [0.3, 0.4) is 0 Å². The molecule has 0 atom stereocenters. The van der Waals surface area contributed by atoms with Gasteiger partial charge in [0.2, 0.25) is 10.0 Å². The second-order valence-electron chi connectivity index (χ2n) is 4.88. The zero-order chi connectivity index (χ0) is 14.0. The minimum Gasteiger partial charge on any atom is -0.381 e. The van der Waals surface area contributed by atoms with E-state index in [1.807, 2.05) is 0 Å².